The van der Waals surface area contributed by atoms with E-state index in [0.29, 0.717) is 6.54 Å². The van der Waals surface area contributed by atoms with E-state index in [1.165, 1.54) is 0 Å². The molecule has 1 heterocycles. The van der Waals surface area contributed by atoms with Crippen molar-refractivity contribution in [3.8, 4) is 0 Å². The summed E-state index contributed by atoms with van der Waals surface area (Å²) in [5, 5.41) is 11.5. The molecule has 102 valence electrons. The van der Waals surface area contributed by atoms with E-state index >= 15 is 0 Å². The van der Waals surface area contributed by atoms with E-state index in [4.69, 9.17) is 4.74 Å². The third kappa shape index (κ3) is 6.00. The Labute approximate surface area is 115 Å². The first kappa shape index (κ1) is 14.9. The maximum absolute atomic E-state index is 11.4. The highest BCUT2D eigenvalue weighted by molar-refractivity contribution is 9.09. The third-order valence-corrected chi connectivity index (χ3v) is 2.48. The molecule has 0 atom stereocenters. The van der Waals surface area contributed by atoms with Gasteiger partial charge in [-0.25, -0.2) is 4.79 Å². The highest BCUT2D eigenvalue weighted by Crippen LogP contribution is 2.06. The van der Waals surface area contributed by atoms with E-state index in [9.17, 15) is 4.79 Å². The smallest absolute Gasteiger partial charge is 0.407 e. The Balaban J connectivity index is 2.35. The summed E-state index contributed by atoms with van der Waals surface area (Å²) < 4.78 is 6.88. The van der Waals surface area contributed by atoms with Gasteiger partial charge in [0, 0.05) is 11.9 Å². The number of amides is 1. The minimum atomic E-state index is -0.489. The van der Waals surface area contributed by atoms with Crippen LogP contribution in [0.4, 0.5) is 4.79 Å². The largest absolute Gasteiger partial charge is 0.444 e. The number of alkyl carbamates (subject to hydrolysis) is 1. The van der Waals surface area contributed by atoms with Crippen LogP contribution in [0.2, 0.25) is 0 Å². The van der Waals surface area contributed by atoms with E-state index < -0.39 is 11.7 Å². The Morgan fingerprint density at radius 1 is 1.56 bits per heavy atom. The number of hydrogen-bond donors (Lipinski definition) is 1. The molecule has 0 aromatic carbocycles. The molecule has 0 saturated heterocycles. The molecule has 7 heteroatoms. The van der Waals surface area contributed by atoms with Crippen molar-refractivity contribution >= 4 is 22.0 Å². The van der Waals surface area contributed by atoms with Crippen LogP contribution >= 0.6 is 15.9 Å². The number of aromatic nitrogens is 3. The van der Waals surface area contributed by atoms with Gasteiger partial charge in [-0.2, -0.15) is 0 Å². The topological polar surface area (TPSA) is 69.0 Å². The third-order valence-electron chi connectivity index (χ3n) is 1.92. The molecule has 1 rings (SSSR count). The fourth-order valence-electron chi connectivity index (χ4n) is 1.23. The number of nitrogens with zero attached hydrogens (tertiary/aromatic N) is 3. The fourth-order valence-corrected chi connectivity index (χ4v) is 1.48. The first-order chi connectivity index (χ1) is 8.40. The van der Waals surface area contributed by atoms with Gasteiger partial charge in [0.15, 0.2) is 0 Å². The molecule has 1 amide bonds. The van der Waals surface area contributed by atoms with E-state index in [-0.39, 0.29) is 0 Å². The molecule has 6 nitrogen and oxygen atoms in total. The quantitative estimate of drug-likeness (QED) is 0.844. The summed E-state index contributed by atoms with van der Waals surface area (Å²) >= 11 is 3.36. The average molecular weight is 319 g/mol. The Kier molecular flexibility index (Phi) is 5.58. The zero-order chi connectivity index (χ0) is 13.6. The molecular weight excluding hydrogens is 300 g/mol. The highest BCUT2D eigenvalue weighted by Gasteiger charge is 2.15. The molecule has 0 spiro atoms. The van der Waals surface area contributed by atoms with Crippen molar-refractivity contribution in [2.75, 3.05) is 5.33 Å². The standard InChI is InChI=1S/C11H19BrN4O2/c1-11(2,3)18-10(17)13-7-9-8-16(15-14-9)6-4-5-12/h8H,4-7H2,1-3H3,(H,13,17). The van der Waals surface area contributed by atoms with Gasteiger partial charge in [-0.3, -0.25) is 4.68 Å². The van der Waals surface area contributed by atoms with Crippen LogP contribution in [-0.4, -0.2) is 32.0 Å². The van der Waals surface area contributed by atoms with Crippen LogP contribution in [0.25, 0.3) is 0 Å². The summed E-state index contributed by atoms with van der Waals surface area (Å²) in [6.07, 6.45) is 2.36. The van der Waals surface area contributed by atoms with Crippen LogP contribution in [0.5, 0.6) is 0 Å². The maximum atomic E-state index is 11.4. The Morgan fingerprint density at radius 3 is 2.89 bits per heavy atom. The molecule has 0 aliphatic rings. The summed E-state index contributed by atoms with van der Waals surface area (Å²) in [7, 11) is 0. The second-order valence-electron chi connectivity index (χ2n) is 4.87. The minimum absolute atomic E-state index is 0.323. The zero-order valence-corrected chi connectivity index (χ0v) is 12.5. The number of carbonyl (C=O) groups is 1. The number of carbonyl (C=O) groups excluding carboxylic acids is 1. The first-order valence-electron chi connectivity index (χ1n) is 5.82. The Bertz CT molecular complexity index is 387. The summed E-state index contributed by atoms with van der Waals surface area (Å²) in [4.78, 5) is 11.4. The monoisotopic (exact) mass is 318 g/mol. The average Bonchev–Trinajstić information content (AvgIpc) is 2.69. The Morgan fingerprint density at radius 2 is 2.28 bits per heavy atom. The van der Waals surface area contributed by atoms with Gasteiger partial charge in [0.2, 0.25) is 0 Å². The van der Waals surface area contributed by atoms with Crippen LogP contribution in [0.1, 0.15) is 32.9 Å². The number of rotatable bonds is 5. The summed E-state index contributed by atoms with van der Waals surface area (Å²) in [6.45, 7) is 6.60. The van der Waals surface area contributed by atoms with E-state index in [2.05, 4.69) is 31.6 Å². The number of nitrogens with one attached hydrogen (secondary N) is 1. The van der Waals surface area contributed by atoms with E-state index in [1.54, 1.807) is 4.68 Å². The molecule has 1 N–H and O–H groups in total. The van der Waals surface area contributed by atoms with Crippen LogP contribution in [0.3, 0.4) is 0 Å². The molecule has 0 aliphatic carbocycles. The molecule has 0 fully saturated rings. The SMILES string of the molecule is CC(C)(C)OC(=O)NCc1cn(CCCBr)nn1. The van der Waals surface area contributed by atoms with Gasteiger partial charge in [-0.1, -0.05) is 21.1 Å². The number of ether oxygens (including phenoxy) is 1. The molecular formula is C11H19BrN4O2. The molecule has 1 aromatic heterocycles. The minimum Gasteiger partial charge on any atom is -0.444 e. The second kappa shape index (κ2) is 6.72. The van der Waals surface area contributed by atoms with Crippen LogP contribution < -0.4 is 5.32 Å². The lowest BCUT2D eigenvalue weighted by molar-refractivity contribution is 0.0523. The van der Waals surface area contributed by atoms with Gasteiger partial charge in [0.25, 0.3) is 0 Å². The molecule has 1 aromatic rings. The summed E-state index contributed by atoms with van der Waals surface area (Å²) in [6, 6.07) is 0. The van der Waals surface area contributed by atoms with Gasteiger partial charge >= 0.3 is 6.09 Å². The normalized spacial score (nSPS) is 11.3. The van der Waals surface area contributed by atoms with Crippen molar-refractivity contribution in [1.29, 1.82) is 0 Å². The lowest BCUT2D eigenvalue weighted by atomic mass is 10.2. The van der Waals surface area contributed by atoms with Crippen molar-refractivity contribution in [3.63, 3.8) is 0 Å². The van der Waals surface area contributed by atoms with Crippen LogP contribution in [0.15, 0.2) is 6.20 Å². The predicted octanol–water partition coefficient (Wildman–Crippen LogP) is 2.09. The maximum Gasteiger partial charge on any atom is 0.407 e. The van der Waals surface area contributed by atoms with Gasteiger partial charge < -0.3 is 10.1 Å². The molecule has 0 aliphatic heterocycles. The molecule has 0 saturated carbocycles. The molecule has 0 bridgehead atoms. The van der Waals surface area contributed by atoms with Crippen molar-refractivity contribution in [1.82, 2.24) is 20.3 Å². The van der Waals surface area contributed by atoms with Gasteiger partial charge in [0.1, 0.15) is 11.3 Å². The van der Waals surface area contributed by atoms with Crippen molar-refractivity contribution in [3.05, 3.63) is 11.9 Å². The lowest BCUT2D eigenvalue weighted by Crippen LogP contribution is -2.32. The second-order valence-corrected chi connectivity index (χ2v) is 5.66. The van der Waals surface area contributed by atoms with Crippen LogP contribution in [-0.2, 0) is 17.8 Å². The van der Waals surface area contributed by atoms with Gasteiger partial charge in [-0.05, 0) is 27.2 Å². The van der Waals surface area contributed by atoms with Gasteiger partial charge in [0.05, 0.1) is 12.7 Å². The number of alkyl halides is 1. The zero-order valence-electron chi connectivity index (χ0n) is 10.9. The Hall–Kier alpha value is -1.11. The van der Waals surface area contributed by atoms with Crippen molar-refractivity contribution in [2.45, 2.75) is 45.9 Å². The summed E-state index contributed by atoms with van der Waals surface area (Å²) in [5.41, 5.74) is 0.229. The number of aryl methyl sites for hydroxylation is 1. The number of hydrogen-bond acceptors (Lipinski definition) is 4. The fraction of sp³-hybridized carbons (Fsp3) is 0.727. The number of halogens is 1. The van der Waals surface area contributed by atoms with Crippen molar-refractivity contribution in [2.24, 2.45) is 0 Å². The van der Waals surface area contributed by atoms with Gasteiger partial charge in [-0.15, -0.1) is 5.10 Å². The van der Waals surface area contributed by atoms with Crippen LogP contribution in [0, 0.1) is 0 Å². The van der Waals surface area contributed by atoms with Crippen molar-refractivity contribution < 1.29 is 9.53 Å². The molecule has 0 radical (unpaired) electrons. The first-order valence-corrected chi connectivity index (χ1v) is 6.94. The summed E-state index contributed by atoms with van der Waals surface area (Å²) in [5.74, 6) is 0. The predicted molar refractivity (Wildman–Crippen MR) is 71.5 cm³/mol. The molecule has 0 unspecified atom stereocenters. The lowest BCUT2D eigenvalue weighted by Gasteiger charge is -2.19. The van der Waals surface area contributed by atoms with E-state index in [0.717, 1.165) is 24.0 Å². The molecule has 18 heavy (non-hydrogen) atoms. The highest BCUT2D eigenvalue weighted by atomic mass is 79.9. The van der Waals surface area contributed by atoms with E-state index in [1.807, 2.05) is 27.0 Å².